The van der Waals surface area contributed by atoms with Crippen molar-refractivity contribution in [2.24, 2.45) is 7.05 Å². The maximum Gasteiger partial charge on any atom is 0.337 e. The largest absolute Gasteiger partial charge is 0.465 e. The minimum absolute atomic E-state index is 0.281. The first-order valence-electron chi connectivity index (χ1n) is 10.0. The molecule has 1 saturated heterocycles. The number of piperidine rings is 1. The van der Waals surface area contributed by atoms with Crippen LogP contribution < -0.4 is 0 Å². The number of carbonyl (C=O) groups is 1. The third-order valence-electron chi connectivity index (χ3n) is 6.22. The van der Waals surface area contributed by atoms with Gasteiger partial charge in [-0.2, -0.15) is 0 Å². The number of carbonyl (C=O) groups excluding carboxylic acids is 1. The van der Waals surface area contributed by atoms with Crippen molar-refractivity contribution in [3.63, 3.8) is 0 Å². The first kappa shape index (κ1) is 20.1. The average Bonchev–Trinajstić information content (AvgIpc) is 3.11. The molecule has 1 unspecified atom stereocenters. The lowest BCUT2D eigenvalue weighted by Crippen LogP contribution is -2.35. The predicted molar refractivity (Wildman–Crippen MR) is 118 cm³/mol. The molecule has 0 N–H and O–H groups in total. The van der Waals surface area contributed by atoms with E-state index in [2.05, 4.69) is 62.6 Å². The van der Waals surface area contributed by atoms with E-state index < -0.39 is 0 Å². The molecule has 0 bridgehead atoms. The molecule has 2 aromatic heterocycles. The highest BCUT2D eigenvalue weighted by atomic mass is 79.9. The van der Waals surface area contributed by atoms with E-state index in [0.717, 1.165) is 41.4 Å². The van der Waals surface area contributed by atoms with Gasteiger partial charge in [0.05, 0.1) is 12.7 Å². The number of fused-ring (bicyclic) bond motifs is 1. The predicted octanol–water partition coefficient (Wildman–Crippen LogP) is 5.06. The quantitative estimate of drug-likeness (QED) is 0.515. The summed E-state index contributed by atoms with van der Waals surface area (Å²) in [5, 5.41) is 1.16. The lowest BCUT2D eigenvalue weighted by atomic mass is 9.88. The molecule has 3 aromatic rings. The van der Waals surface area contributed by atoms with E-state index in [1.165, 1.54) is 18.4 Å². The van der Waals surface area contributed by atoms with Gasteiger partial charge in [-0.3, -0.25) is 4.90 Å². The van der Waals surface area contributed by atoms with Crippen LogP contribution in [0.15, 0.2) is 47.1 Å². The van der Waals surface area contributed by atoms with Crippen LogP contribution in [-0.2, 0) is 11.8 Å². The second-order valence-electron chi connectivity index (χ2n) is 7.76. The van der Waals surface area contributed by atoms with Gasteiger partial charge in [-0.15, -0.1) is 0 Å². The van der Waals surface area contributed by atoms with E-state index in [-0.39, 0.29) is 5.97 Å². The second kappa shape index (κ2) is 8.28. The Morgan fingerprint density at radius 3 is 2.52 bits per heavy atom. The SMILES string of the molecule is COC(=O)c1ccc(C2CCN(C(C)c3cc4c(Br)ccnc4n3C)CC2)cc1. The molecule has 1 atom stereocenters. The number of nitrogens with zero attached hydrogens (tertiary/aromatic N) is 3. The Bertz CT molecular complexity index is 1020. The maximum atomic E-state index is 11.6. The van der Waals surface area contributed by atoms with Crippen LogP contribution in [0.2, 0.25) is 0 Å². The third-order valence-corrected chi connectivity index (χ3v) is 6.91. The number of rotatable bonds is 4. The molecule has 1 aliphatic rings. The topological polar surface area (TPSA) is 47.4 Å². The number of ether oxygens (including phenoxy) is 1. The van der Waals surface area contributed by atoms with Crippen molar-refractivity contribution >= 4 is 32.9 Å². The minimum atomic E-state index is -0.281. The Balaban J connectivity index is 1.45. The highest BCUT2D eigenvalue weighted by Gasteiger charge is 2.26. The van der Waals surface area contributed by atoms with Crippen LogP contribution in [0, 0.1) is 0 Å². The summed E-state index contributed by atoms with van der Waals surface area (Å²) in [4.78, 5) is 18.7. The molecule has 1 aromatic carbocycles. The number of halogens is 1. The second-order valence-corrected chi connectivity index (χ2v) is 8.61. The smallest absolute Gasteiger partial charge is 0.337 e. The molecule has 4 rings (SSSR count). The number of hydrogen-bond acceptors (Lipinski definition) is 4. The van der Waals surface area contributed by atoms with Crippen LogP contribution in [0.3, 0.4) is 0 Å². The van der Waals surface area contributed by atoms with Crippen molar-refractivity contribution in [1.29, 1.82) is 0 Å². The summed E-state index contributed by atoms with van der Waals surface area (Å²) in [6, 6.07) is 12.5. The van der Waals surface area contributed by atoms with Crippen molar-refractivity contribution < 1.29 is 9.53 Å². The van der Waals surface area contributed by atoms with Gasteiger partial charge in [0.2, 0.25) is 0 Å². The number of benzene rings is 1. The van der Waals surface area contributed by atoms with Crippen molar-refractivity contribution in [3.8, 4) is 0 Å². The highest BCUT2D eigenvalue weighted by Crippen LogP contribution is 2.34. The number of likely N-dealkylation sites (tertiary alicyclic amines) is 1. The Labute approximate surface area is 179 Å². The summed E-state index contributed by atoms with van der Waals surface area (Å²) in [6.45, 7) is 4.40. The van der Waals surface area contributed by atoms with Gasteiger partial charge in [0.1, 0.15) is 5.65 Å². The maximum absolute atomic E-state index is 11.6. The molecule has 1 fully saturated rings. The molecular formula is C23H26BrN3O2. The number of hydrogen-bond donors (Lipinski definition) is 0. The minimum Gasteiger partial charge on any atom is -0.465 e. The molecule has 3 heterocycles. The Morgan fingerprint density at radius 2 is 1.90 bits per heavy atom. The van der Waals surface area contributed by atoms with Gasteiger partial charge in [0, 0.05) is 34.8 Å². The zero-order valence-electron chi connectivity index (χ0n) is 17.1. The number of pyridine rings is 1. The fourth-order valence-corrected chi connectivity index (χ4v) is 4.83. The van der Waals surface area contributed by atoms with Gasteiger partial charge >= 0.3 is 5.97 Å². The Morgan fingerprint density at radius 1 is 1.21 bits per heavy atom. The third kappa shape index (κ3) is 3.83. The normalized spacial score (nSPS) is 16.8. The molecular weight excluding hydrogens is 430 g/mol. The van der Waals surface area contributed by atoms with Gasteiger partial charge in [-0.1, -0.05) is 12.1 Å². The van der Waals surface area contributed by atoms with Crippen LogP contribution in [0.5, 0.6) is 0 Å². The fourth-order valence-electron chi connectivity index (χ4n) is 4.42. The van der Waals surface area contributed by atoms with Gasteiger partial charge in [-0.05, 0) is 84.5 Å². The molecule has 29 heavy (non-hydrogen) atoms. The van der Waals surface area contributed by atoms with Gasteiger partial charge in [0.25, 0.3) is 0 Å². The van der Waals surface area contributed by atoms with Crippen LogP contribution in [-0.4, -0.2) is 40.6 Å². The molecule has 5 nitrogen and oxygen atoms in total. The lowest BCUT2D eigenvalue weighted by Gasteiger charge is -2.36. The Hall–Kier alpha value is -2.18. The summed E-state index contributed by atoms with van der Waals surface area (Å²) in [7, 11) is 3.51. The molecule has 6 heteroatoms. The summed E-state index contributed by atoms with van der Waals surface area (Å²) >= 11 is 3.65. The number of esters is 1. The van der Waals surface area contributed by atoms with E-state index in [0.29, 0.717) is 17.5 Å². The lowest BCUT2D eigenvalue weighted by molar-refractivity contribution is 0.0600. The first-order valence-corrected chi connectivity index (χ1v) is 10.8. The zero-order chi connectivity index (χ0) is 20.5. The molecule has 152 valence electrons. The van der Waals surface area contributed by atoms with Crippen molar-refractivity contribution in [2.75, 3.05) is 20.2 Å². The van der Waals surface area contributed by atoms with Crippen LogP contribution >= 0.6 is 15.9 Å². The van der Waals surface area contributed by atoms with E-state index in [1.807, 2.05) is 24.4 Å². The van der Waals surface area contributed by atoms with E-state index in [4.69, 9.17) is 4.74 Å². The van der Waals surface area contributed by atoms with Crippen molar-refractivity contribution in [1.82, 2.24) is 14.5 Å². The number of aryl methyl sites for hydroxylation is 1. The molecule has 0 saturated carbocycles. The first-order chi connectivity index (χ1) is 14.0. The van der Waals surface area contributed by atoms with Crippen molar-refractivity contribution in [2.45, 2.75) is 31.7 Å². The monoisotopic (exact) mass is 455 g/mol. The van der Waals surface area contributed by atoms with Crippen LogP contribution in [0.4, 0.5) is 0 Å². The van der Waals surface area contributed by atoms with Gasteiger partial charge < -0.3 is 9.30 Å². The van der Waals surface area contributed by atoms with E-state index in [1.54, 1.807) is 0 Å². The van der Waals surface area contributed by atoms with Gasteiger partial charge in [0.15, 0.2) is 0 Å². The fraction of sp³-hybridized carbons (Fsp3) is 0.391. The summed E-state index contributed by atoms with van der Waals surface area (Å²) < 4.78 is 8.09. The molecule has 0 radical (unpaired) electrons. The van der Waals surface area contributed by atoms with Crippen molar-refractivity contribution in [3.05, 3.63) is 63.9 Å². The van der Waals surface area contributed by atoms with Gasteiger partial charge in [-0.25, -0.2) is 9.78 Å². The number of aromatic nitrogens is 2. The standard InChI is InChI=1S/C23H26BrN3O2/c1-15(21-14-19-20(24)8-11-25-22(19)26(21)2)27-12-9-17(10-13-27)16-4-6-18(7-5-16)23(28)29-3/h4-8,11,14-15,17H,9-10,12-13H2,1-3H3. The summed E-state index contributed by atoms with van der Waals surface area (Å²) in [5.41, 5.74) is 4.22. The molecule has 0 aliphatic carbocycles. The van der Waals surface area contributed by atoms with E-state index in [9.17, 15) is 4.79 Å². The van der Waals surface area contributed by atoms with Crippen LogP contribution in [0.1, 0.15) is 53.3 Å². The average molecular weight is 456 g/mol. The molecule has 1 aliphatic heterocycles. The molecule has 0 amide bonds. The summed E-state index contributed by atoms with van der Waals surface area (Å²) in [6.07, 6.45) is 4.08. The zero-order valence-corrected chi connectivity index (χ0v) is 18.6. The highest BCUT2D eigenvalue weighted by molar-refractivity contribution is 9.10. The van der Waals surface area contributed by atoms with E-state index >= 15 is 0 Å². The molecule has 0 spiro atoms. The Kier molecular flexibility index (Phi) is 5.74. The summed E-state index contributed by atoms with van der Waals surface area (Å²) in [5.74, 6) is 0.254. The number of methoxy groups -OCH3 is 1. The van der Waals surface area contributed by atoms with Crippen LogP contribution in [0.25, 0.3) is 11.0 Å².